The summed E-state index contributed by atoms with van der Waals surface area (Å²) in [5.41, 5.74) is 37.2. The molecule has 0 saturated carbocycles. The lowest BCUT2D eigenvalue weighted by Crippen LogP contribution is -2.49. The van der Waals surface area contributed by atoms with Crippen molar-refractivity contribution >= 4 is 11.1 Å². The van der Waals surface area contributed by atoms with Gasteiger partial charge in [-0.3, -0.25) is 0 Å². The van der Waals surface area contributed by atoms with Crippen LogP contribution in [0.15, 0.2) is 146 Å². The molecule has 0 heterocycles. The third-order valence-corrected chi connectivity index (χ3v) is 15.6. The van der Waals surface area contributed by atoms with E-state index in [9.17, 15) is 0 Å². The van der Waals surface area contributed by atoms with Crippen molar-refractivity contribution in [1.82, 2.24) is 0 Å². The van der Waals surface area contributed by atoms with Crippen LogP contribution < -0.4 is 0 Å². The van der Waals surface area contributed by atoms with Gasteiger partial charge in [-0.1, -0.05) is 159 Å². The molecule has 0 saturated heterocycles. The monoisotopic (exact) mass is 706 g/mol. The van der Waals surface area contributed by atoms with Crippen molar-refractivity contribution in [3.63, 3.8) is 0 Å². The highest BCUT2D eigenvalue weighted by atomic mass is 14.7. The molecule has 2 atom stereocenters. The second-order valence-electron chi connectivity index (χ2n) is 17.0. The molecule has 8 aromatic rings. The lowest BCUT2D eigenvalue weighted by Gasteiger charge is -2.52. The molecule has 56 heavy (non-hydrogen) atoms. The van der Waals surface area contributed by atoms with Crippen molar-refractivity contribution in [3.8, 4) is 89.0 Å². The zero-order chi connectivity index (χ0) is 36.4. The Morgan fingerprint density at radius 1 is 0.268 bits per heavy atom. The lowest BCUT2D eigenvalue weighted by atomic mass is 9.49. The Bertz CT molecular complexity index is 3110. The summed E-state index contributed by atoms with van der Waals surface area (Å²) in [6.07, 6.45) is 2.00. The first kappa shape index (κ1) is 28.9. The number of hydrogen-bond donors (Lipinski definition) is 0. The maximum absolute atomic E-state index is 2.53. The van der Waals surface area contributed by atoms with E-state index in [0.29, 0.717) is 0 Å². The highest BCUT2D eigenvalue weighted by molar-refractivity contribution is 6.31. The van der Waals surface area contributed by atoms with Gasteiger partial charge in [-0.2, -0.15) is 0 Å². The molecule has 0 heteroatoms. The molecule has 8 aromatic carbocycles. The van der Waals surface area contributed by atoms with Crippen LogP contribution >= 0.6 is 0 Å². The first-order chi connectivity index (χ1) is 27.8. The van der Waals surface area contributed by atoms with Crippen LogP contribution in [0.25, 0.3) is 100 Å². The molecule has 0 aliphatic heterocycles. The molecular formula is C56H34. The van der Waals surface area contributed by atoms with Gasteiger partial charge in [0.15, 0.2) is 0 Å². The molecule has 0 fully saturated rings. The van der Waals surface area contributed by atoms with E-state index < -0.39 is 0 Å². The van der Waals surface area contributed by atoms with E-state index in [1.807, 2.05) is 0 Å². The van der Waals surface area contributed by atoms with E-state index in [-0.39, 0.29) is 10.8 Å². The van der Waals surface area contributed by atoms with Crippen molar-refractivity contribution in [2.45, 2.75) is 37.5 Å². The van der Waals surface area contributed by atoms with Crippen molar-refractivity contribution in [2.75, 3.05) is 0 Å². The highest BCUT2D eigenvalue weighted by Crippen LogP contribution is 2.78. The molecule has 0 spiro atoms. The SMILES string of the molecule is CCC12c3ccccc3-c3c4c(c5c(c31)/C(=C1/c3ccccc3-c3c1c1c(c6c3-c3ccccc3-6)-c3ccccc3C12CC)c1ccccc1-5)-c1ccccc1-4. The van der Waals surface area contributed by atoms with E-state index in [4.69, 9.17) is 0 Å². The first-order valence-corrected chi connectivity index (χ1v) is 20.6. The number of benzene rings is 8. The summed E-state index contributed by atoms with van der Waals surface area (Å²) in [7, 11) is 0. The average molecular weight is 707 g/mol. The van der Waals surface area contributed by atoms with Crippen LogP contribution in [0.2, 0.25) is 0 Å². The molecule has 7 aliphatic rings. The maximum atomic E-state index is 2.53. The number of hydrogen-bond acceptors (Lipinski definition) is 0. The molecule has 7 aliphatic carbocycles. The van der Waals surface area contributed by atoms with Gasteiger partial charge in [0, 0.05) is 10.8 Å². The van der Waals surface area contributed by atoms with E-state index >= 15 is 0 Å². The van der Waals surface area contributed by atoms with Gasteiger partial charge >= 0.3 is 0 Å². The predicted molar refractivity (Wildman–Crippen MR) is 231 cm³/mol. The molecule has 0 radical (unpaired) electrons. The summed E-state index contributed by atoms with van der Waals surface area (Å²) >= 11 is 0. The largest absolute Gasteiger partial charge is 0.0642 e. The molecule has 258 valence electrons. The standard InChI is InChI=1S/C56H34/c1-3-55-39-27-15-13-25-37(39)49-43-31-19-7-5-17-29(31)41(43)45-33-21-9-11-23-35(33)47(51(45)53(49)55)48-36-24-12-10-22-34(36)46-42-30-18-6-8-20-32(30)44(42)50-38-26-14-16-28-40(38)56(55,4-2)54(50)52(46)48/h5-28H,3-4H2,1-2H3/b48-47-. The molecule has 0 nitrogen and oxygen atoms in total. The van der Waals surface area contributed by atoms with Gasteiger partial charge in [0.05, 0.1) is 0 Å². The fourth-order valence-electron chi connectivity index (χ4n) is 14.0. The van der Waals surface area contributed by atoms with Gasteiger partial charge in [0.25, 0.3) is 0 Å². The molecule has 2 unspecified atom stereocenters. The van der Waals surface area contributed by atoms with Gasteiger partial charge in [0.2, 0.25) is 0 Å². The highest BCUT2D eigenvalue weighted by Gasteiger charge is 2.66. The summed E-state index contributed by atoms with van der Waals surface area (Å²) < 4.78 is 0. The summed E-state index contributed by atoms with van der Waals surface area (Å²) in [6, 6.07) is 56.6. The predicted octanol–water partition coefficient (Wildman–Crippen LogP) is 14.3. The Morgan fingerprint density at radius 2 is 0.518 bits per heavy atom. The van der Waals surface area contributed by atoms with Crippen LogP contribution in [-0.2, 0) is 10.8 Å². The lowest BCUT2D eigenvalue weighted by molar-refractivity contribution is 0.297. The average Bonchev–Trinajstić information content (AvgIpc) is 3.92. The Kier molecular flexibility index (Phi) is 4.71. The Labute approximate surface area is 326 Å². The Morgan fingerprint density at radius 3 is 0.857 bits per heavy atom. The normalized spacial score (nSPS) is 21.1. The van der Waals surface area contributed by atoms with Crippen LogP contribution in [0, 0.1) is 0 Å². The second kappa shape index (κ2) is 9.13. The number of rotatable bonds is 2. The van der Waals surface area contributed by atoms with E-state index in [1.54, 1.807) is 11.1 Å². The summed E-state index contributed by atoms with van der Waals surface area (Å²) in [5.74, 6) is 0. The van der Waals surface area contributed by atoms with Crippen LogP contribution in [0.5, 0.6) is 0 Å². The zero-order valence-electron chi connectivity index (χ0n) is 31.3. The van der Waals surface area contributed by atoms with E-state index in [0.717, 1.165) is 12.8 Å². The molecule has 0 N–H and O–H groups in total. The van der Waals surface area contributed by atoms with Crippen molar-refractivity contribution in [3.05, 3.63) is 190 Å². The maximum Gasteiger partial charge on any atom is 0.0356 e. The minimum Gasteiger partial charge on any atom is -0.0642 e. The van der Waals surface area contributed by atoms with Crippen molar-refractivity contribution in [2.24, 2.45) is 0 Å². The van der Waals surface area contributed by atoms with Gasteiger partial charge < -0.3 is 0 Å². The van der Waals surface area contributed by atoms with E-state index in [1.165, 1.54) is 134 Å². The molecular weight excluding hydrogens is 673 g/mol. The zero-order valence-corrected chi connectivity index (χ0v) is 31.3. The van der Waals surface area contributed by atoms with Gasteiger partial charge in [-0.15, -0.1) is 0 Å². The van der Waals surface area contributed by atoms with Crippen LogP contribution in [-0.4, -0.2) is 0 Å². The molecule has 0 aromatic heterocycles. The molecule has 0 amide bonds. The van der Waals surface area contributed by atoms with Crippen LogP contribution in [0.1, 0.15) is 71.2 Å². The summed E-state index contributed by atoms with van der Waals surface area (Å²) in [5, 5.41) is 0. The Hall–Kier alpha value is -6.50. The van der Waals surface area contributed by atoms with E-state index in [2.05, 4.69) is 159 Å². The first-order valence-electron chi connectivity index (χ1n) is 20.6. The summed E-state index contributed by atoms with van der Waals surface area (Å²) in [6.45, 7) is 5.03. The van der Waals surface area contributed by atoms with Crippen LogP contribution in [0.4, 0.5) is 0 Å². The topological polar surface area (TPSA) is 0 Å². The smallest absolute Gasteiger partial charge is 0.0356 e. The van der Waals surface area contributed by atoms with Gasteiger partial charge in [-0.05, 0) is 158 Å². The number of fused-ring (bicyclic) bond motifs is 25. The third-order valence-electron chi connectivity index (χ3n) is 15.6. The quantitative estimate of drug-likeness (QED) is 0.168. The third kappa shape index (κ3) is 2.61. The van der Waals surface area contributed by atoms with Crippen molar-refractivity contribution < 1.29 is 0 Å². The van der Waals surface area contributed by atoms with Crippen LogP contribution in [0.3, 0.4) is 0 Å². The fraction of sp³-hybridized carbons (Fsp3) is 0.107. The molecule has 0 bridgehead atoms. The fourth-order valence-corrected chi connectivity index (χ4v) is 14.0. The molecule has 15 rings (SSSR count). The summed E-state index contributed by atoms with van der Waals surface area (Å²) in [4.78, 5) is 0. The Balaban J connectivity index is 1.30. The van der Waals surface area contributed by atoms with Gasteiger partial charge in [-0.25, -0.2) is 0 Å². The minimum absolute atomic E-state index is 0.322. The minimum atomic E-state index is -0.322. The second-order valence-corrected chi connectivity index (χ2v) is 17.0. The van der Waals surface area contributed by atoms with Crippen molar-refractivity contribution in [1.29, 1.82) is 0 Å². The van der Waals surface area contributed by atoms with Gasteiger partial charge in [0.1, 0.15) is 0 Å².